The first-order chi connectivity index (χ1) is 9.49. The fourth-order valence-corrected chi connectivity index (χ4v) is 3.68. The molecule has 0 fully saturated rings. The van der Waals surface area contributed by atoms with E-state index < -0.39 is 11.9 Å². The molecule has 0 amide bonds. The van der Waals surface area contributed by atoms with Crippen molar-refractivity contribution in [3.8, 4) is 0 Å². The molecule has 5 heteroatoms. The number of hydrogen-bond donors (Lipinski definition) is 0. The average molecular weight is 339 g/mol. The largest absolute Gasteiger partial charge is 0.550 e. The third kappa shape index (κ3) is 2.04. The number of rotatable bonds is 2. The lowest BCUT2D eigenvalue weighted by molar-refractivity contribution is -0.311. The van der Waals surface area contributed by atoms with Crippen molar-refractivity contribution in [1.29, 1.82) is 0 Å². The highest BCUT2D eigenvalue weighted by atomic mass is 79.9. The van der Waals surface area contributed by atoms with Gasteiger partial charge < -0.3 is 14.5 Å². The average Bonchev–Trinajstić information content (AvgIpc) is 2.77. The van der Waals surface area contributed by atoms with Gasteiger partial charge in [-0.2, -0.15) is 0 Å². The summed E-state index contributed by atoms with van der Waals surface area (Å²) < 4.78 is 16.3. The highest BCUT2D eigenvalue weighted by Gasteiger charge is 2.28. The van der Waals surface area contributed by atoms with Gasteiger partial charge in [-0.3, -0.25) is 0 Å². The van der Waals surface area contributed by atoms with Crippen molar-refractivity contribution in [1.82, 2.24) is 4.57 Å². The molecule has 3 nitrogen and oxygen atoms in total. The monoisotopic (exact) mass is 338 g/mol. The number of halogens is 2. The summed E-state index contributed by atoms with van der Waals surface area (Å²) in [7, 11) is 0. The Morgan fingerprint density at radius 2 is 2.25 bits per heavy atom. The van der Waals surface area contributed by atoms with Crippen LogP contribution in [-0.2, 0) is 11.3 Å². The minimum Gasteiger partial charge on any atom is -0.550 e. The number of hydrogen-bond acceptors (Lipinski definition) is 2. The minimum atomic E-state index is -1.03. The number of aryl methyl sites for hydroxylation is 1. The Morgan fingerprint density at radius 3 is 2.95 bits per heavy atom. The normalized spacial score (nSPS) is 19.9. The standard InChI is InChI=1S/C15H15BrFNO2/c1-8(15(19)20)10-3-2-4-18-13-6-9(17)5-12(16)11(13)7-14(10)18/h5-8,10H,2-4H2,1H3,(H,19,20)/p-1. The molecule has 1 aliphatic heterocycles. The van der Waals surface area contributed by atoms with Gasteiger partial charge in [-0.1, -0.05) is 6.92 Å². The number of carboxylic acid groups (broad SMARTS) is 1. The first kappa shape index (κ1) is 13.6. The number of carbonyl (C=O) groups is 1. The number of carboxylic acids is 1. The molecule has 20 heavy (non-hydrogen) atoms. The number of benzene rings is 1. The quantitative estimate of drug-likeness (QED) is 0.845. The van der Waals surface area contributed by atoms with E-state index in [1.165, 1.54) is 12.1 Å². The van der Waals surface area contributed by atoms with E-state index in [0.717, 1.165) is 36.0 Å². The second-order valence-electron chi connectivity index (χ2n) is 5.40. The fourth-order valence-electron chi connectivity index (χ4n) is 3.15. The first-order valence-electron chi connectivity index (χ1n) is 6.68. The molecule has 2 heterocycles. The molecule has 0 saturated carbocycles. The number of carbonyl (C=O) groups excluding carboxylic acids is 1. The van der Waals surface area contributed by atoms with E-state index in [2.05, 4.69) is 15.9 Å². The molecule has 0 N–H and O–H groups in total. The van der Waals surface area contributed by atoms with Gasteiger partial charge in [-0.25, -0.2) is 4.39 Å². The molecule has 0 bridgehead atoms. The molecule has 0 radical (unpaired) electrons. The van der Waals surface area contributed by atoms with Crippen LogP contribution in [0.2, 0.25) is 0 Å². The summed E-state index contributed by atoms with van der Waals surface area (Å²) in [6.45, 7) is 2.48. The lowest BCUT2D eigenvalue weighted by Gasteiger charge is -2.30. The van der Waals surface area contributed by atoms with Crippen LogP contribution in [0.25, 0.3) is 10.9 Å². The van der Waals surface area contributed by atoms with E-state index in [1.807, 2.05) is 10.6 Å². The molecular formula is C15H14BrFNO2-. The van der Waals surface area contributed by atoms with Gasteiger partial charge in [-0.05, 0) is 47.0 Å². The Morgan fingerprint density at radius 1 is 1.50 bits per heavy atom. The lowest BCUT2D eigenvalue weighted by atomic mass is 9.85. The summed E-state index contributed by atoms with van der Waals surface area (Å²) in [6, 6.07) is 4.92. The van der Waals surface area contributed by atoms with E-state index in [9.17, 15) is 14.3 Å². The molecule has 0 spiro atoms. The van der Waals surface area contributed by atoms with Crippen molar-refractivity contribution in [3.63, 3.8) is 0 Å². The fraction of sp³-hybridized carbons (Fsp3) is 0.400. The Bertz CT molecular complexity index is 695. The molecule has 0 saturated heterocycles. The Balaban J connectivity index is 2.20. The summed E-state index contributed by atoms with van der Waals surface area (Å²) in [6.07, 6.45) is 1.72. The van der Waals surface area contributed by atoms with Gasteiger partial charge >= 0.3 is 0 Å². The Hall–Kier alpha value is -1.36. The van der Waals surface area contributed by atoms with E-state index >= 15 is 0 Å². The molecule has 2 aromatic rings. The van der Waals surface area contributed by atoms with Gasteiger partial charge in [0.15, 0.2) is 0 Å². The number of fused-ring (bicyclic) bond motifs is 3. The first-order valence-corrected chi connectivity index (χ1v) is 7.47. The lowest BCUT2D eigenvalue weighted by Crippen LogP contribution is -2.35. The molecular weight excluding hydrogens is 325 g/mol. The smallest absolute Gasteiger partial charge is 0.126 e. The van der Waals surface area contributed by atoms with Gasteiger partial charge in [0.2, 0.25) is 0 Å². The van der Waals surface area contributed by atoms with E-state index in [0.29, 0.717) is 4.47 Å². The number of nitrogens with zero attached hydrogens (tertiary/aromatic N) is 1. The van der Waals surface area contributed by atoms with Crippen LogP contribution < -0.4 is 5.11 Å². The highest BCUT2D eigenvalue weighted by Crippen LogP contribution is 2.39. The summed E-state index contributed by atoms with van der Waals surface area (Å²) in [5, 5.41) is 12.1. The molecule has 2 unspecified atom stereocenters. The maximum absolute atomic E-state index is 13.6. The van der Waals surface area contributed by atoms with Crippen molar-refractivity contribution in [2.75, 3.05) is 0 Å². The molecule has 1 aromatic heterocycles. The SMILES string of the molecule is CC(C(=O)[O-])C1CCCn2c1cc1c(Br)cc(F)cc12. The zero-order valence-electron chi connectivity index (χ0n) is 11.0. The summed E-state index contributed by atoms with van der Waals surface area (Å²) in [5.41, 5.74) is 1.79. The summed E-state index contributed by atoms with van der Waals surface area (Å²) in [4.78, 5) is 11.2. The van der Waals surface area contributed by atoms with Gasteiger partial charge in [0.1, 0.15) is 5.82 Å². The molecule has 3 rings (SSSR count). The summed E-state index contributed by atoms with van der Waals surface area (Å²) >= 11 is 3.38. The molecule has 0 aliphatic carbocycles. The topological polar surface area (TPSA) is 45.1 Å². The van der Waals surface area contributed by atoms with Crippen LogP contribution in [0.1, 0.15) is 31.4 Å². The van der Waals surface area contributed by atoms with Crippen molar-refractivity contribution in [2.24, 2.45) is 5.92 Å². The van der Waals surface area contributed by atoms with Crippen molar-refractivity contribution >= 4 is 32.8 Å². The van der Waals surface area contributed by atoms with Crippen LogP contribution in [0, 0.1) is 11.7 Å². The van der Waals surface area contributed by atoms with Crippen LogP contribution >= 0.6 is 15.9 Å². The van der Waals surface area contributed by atoms with Gasteiger partial charge in [-0.15, -0.1) is 0 Å². The van der Waals surface area contributed by atoms with E-state index in [-0.39, 0.29) is 11.7 Å². The Kier molecular flexibility index (Phi) is 3.32. The predicted molar refractivity (Wildman–Crippen MR) is 75.7 cm³/mol. The van der Waals surface area contributed by atoms with Crippen LogP contribution in [0.3, 0.4) is 0 Å². The second-order valence-corrected chi connectivity index (χ2v) is 6.25. The predicted octanol–water partition coefficient (Wildman–Crippen LogP) is 2.81. The third-order valence-corrected chi connectivity index (χ3v) is 4.88. The van der Waals surface area contributed by atoms with Crippen LogP contribution in [0.5, 0.6) is 0 Å². The van der Waals surface area contributed by atoms with E-state index in [4.69, 9.17) is 0 Å². The molecule has 2 atom stereocenters. The van der Waals surface area contributed by atoms with Gasteiger partial charge in [0.25, 0.3) is 0 Å². The van der Waals surface area contributed by atoms with Crippen molar-refractivity contribution in [2.45, 2.75) is 32.2 Å². The van der Waals surface area contributed by atoms with Crippen LogP contribution in [0.4, 0.5) is 4.39 Å². The highest BCUT2D eigenvalue weighted by molar-refractivity contribution is 9.10. The maximum Gasteiger partial charge on any atom is 0.126 e. The molecule has 106 valence electrons. The zero-order valence-corrected chi connectivity index (χ0v) is 12.6. The van der Waals surface area contributed by atoms with Crippen molar-refractivity contribution < 1.29 is 14.3 Å². The van der Waals surface area contributed by atoms with Gasteiger partial charge in [0.05, 0.1) is 5.52 Å². The third-order valence-electron chi connectivity index (χ3n) is 4.22. The van der Waals surface area contributed by atoms with Crippen LogP contribution in [0.15, 0.2) is 22.7 Å². The Labute approximate surface area is 124 Å². The van der Waals surface area contributed by atoms with E-state index in [1.54, 1.807) is 6.92 Å². The van der Waals surface area contributed by atoms with Gasteiger partial charge in [0, 0.05) is 39.9 Å². The second kappa shape index (κ2) is 4.88. The molecule has 1 aliphatic rings. The van der Waals surface area contributed by atoms with Crippen molar-refractivity contribution in [3.05, 3.63) is 34.2 Å². The zero-order chi connectivity index (χ0) is 14.4. The van der Waals surface area contributed by atoms with Crippen LogP contribution in [-0.4, -0.2) is 10.5 Å². The number of aromatic nitrogens is 1. The minimum absolute atomic E-state index is 0.0730. The maximum atomic E-state index is 13.6. The molecule has 1 aromatic carbocycles. The number of aliphatic carboxylic acids is 1. The summed E-state index contributed by atoms with van der Waals surface area (Å²) in [5.74, 6) is -1.93.